The average molecular weight is 360 g/mol. The van der Waals surface area contributed by atoms with Crippen molar-refractivity contribution in [2.45, 2.75) is 57.7 Å². The molecule has 3 unspecified atom stereocenters. The molecular weight excluding hydrogens is 332 g/mol. The molecule has 142 valence electrons. The summed E-state index contributed by atoms with van der Waals surface area (Å²) >= 11 is 0. The molecule has 1 N–H and O–H groups in total. The van der Waals surface area contributed by atoms with Gasteiger partial charge in [0.2, 0.25) is 5.91 Å². The maximum Gasteiger partial charge on any atom is 0.257 e. The van der Waals surface area contributed by atoms with E-state index in [9.17, 15) is 9.59 Å². The molecule has 3 heterocycles. The van der Waals surface area contributed by atoms with E-state index in [2.05, 4.69) is 10.2 Å². The van der Waals surface area contributed by atoms with Gasteiger partial charge in [0.15, 0.2) is 0 Å². The second-order valence-corrected chi connectivity index (χ2v) is 8.06. The van der Waals surface area contributed by atoms with Crippen LogP contribution in [0.4, 0.5) is 0 Å². The molecule has 26 heavy (non-hydrogen) atoms. The lowest BCUT2D eigenvalue weighted by molar-refractivity contribution is -0.137. The van der Waals surface area contributed by atoms with Gasteiger partial charge in [0.1, 0.15) is 0 Å². The largest absolute Gasteiger partial charge is 0.372 e. The van der Waals surface area contributed by atoms with E-state index in [0.717, 1.165) is 31.5 Å². The quantitative estimate of drug-likeness (QED) is 0.891. The lowest BCUT2D eigenvalue weighted by Gasteiger charge is -2.35. The Hall–Kier alpha value is -1.89. The molecule has 4 rings (SSSR count). The highest BCUT2D eigenvalue weighted by Crippen LogP contribution is 2.34. The van der Waals surface area contributed by atoms with Crippen LogP contribution in [0.2, 0.25) is 0 Å². The molecule has 2 aliphatic heterocycles. The zero-order chi connectivity index (χ0) is 18.3. The maximum absolute atomic E-state index is 13.0. The highest BCUT2D eigenvalue weighted by atomic mass is 16.5. The van der Waals surface area contributed by atoms with Crippen molar-refractivity contribution in [2.24, 2.45) is 5.92 Å². The van der Waals surface area contributed by atoms with Crippen LogP contribution in [0.3, 0.4) is 0 Å². The Morgan fingerprint density at radius 3 is 2.50 bits per heavy atom. The number of rotatable bonds is 3. The molecule has 0 aromatic carbocycles. The number of hydrogen-bond acceptors (Lipinski definition) is 4. The molecular formula is C19H28N4O3. The Morgan fingerprint density at radius 2 is 1.85 bits per heavy atom. The van der Waals surface area contributed by atoms with Crippen molar-refractivity contribution >= 4 is 11.8 Å². The van der Waals surface area contributed by atoms with Crippen LogP contribution in [0.25, 0.3) is 0 Å². The molecule has 2 saturated heterocycles. The highest BCUT2D eigenvalue weighted by molar-refractivity contribution is 5.95. The zero-order valence-corrected chi connectivity index (χ0v) is 15.6. The lowest BCUT2D eigenvalue weighted by Crippen LogP contribution is -2.48. The van der Waals surface area contributed by atoms with Crippen molar-refractivity contribution in [3.8, 4) is 0 Å². The van der Waals surface area contributed by atoms with Gasteiger partial charge in [0.05, 0.1) is 29.7 Å². The minimum absolute atomic E-state index is 0.0134. The van der Waals surface area contributed by atoms with Gasteiger partial charge in [-0.15, -0.1) is 0 Å². The van der Waals surface area contributed by atoms with Crippen LogP contribution in [0.5, 0.6) is 0 Å². The molecule has 1 aromatic rings. The molecule has 1 saturated carbocycles. The molecule has 1 aliphatic carbocycles. The summed E-state index contributed by atoms with van der Waals surface area (Å²) in [7, 11) is 0. The topological polar surface area (TPSA) is 78.5 Å². The summed E-state index contributed by atoms with van der Waals surface area (Å²) in [6.07, 6.45) is 5.83. The van der Waals surface area contributed by atoms with Gasteiger partial charge in [0.25, 0.3) is 5.91 Å². The van der Waals surface area contributed by atoms with Crippen molar-refractivity contribution in [1.82, 2.24) is 20.0 Å². The van der Waals surface area contributed by atoms with Gasteiger partial charge in [-0.1, -0.05) is 6.42 Å². The van der Waals surface area contributed by atoms with Crippen molar-refractivity contribution in [1.29, 1.82) is 0 Å². The fourth-order valence-corrected chi connectivity index (χ4v) is 4.40. The summed E-state index contributed by atoms with van der Waals surface area (Å²) in [6, 6.07) is 0. The number of carbonyl (C=O) groups is 2. The third-order valence-electron chi connectivity index (χ3n) is 5.97. The molecule has 2 amide bonds. The molecule has 1 aromatic heterocycles. The van der Waals surface area contributed by atoms with Crippen LogP contribution in [-0.2, 0) is 9.53 Å². The molecule has 0 bridgehead atoms. The third-order valence-corrected chi connectivity index (χ3v) is 5.97. The molecule has 3 aliphatic rings. The first-order chi connectivity index (χ1) is 12.5. The fraction of sp³-hybridized carbons (Fsp3) is 0.737. The van der Waals surface area contributed by atoms with Crippen LogP contribution in [-0.4, -0.2) is 70.2 Å². The minimum Gasteiger partial charge on any atom is -0.372 e. The molecule has 7 nitrogen and oxygen atoms in total. The maximum atomic E-state index is 13.0. The number of amides is 2. The number of H-pyrrole nitrogens is 1. The molecule has 7 heteroatoms. The number of morpholine rings is 1. The molecule has 0 spiro atoms. The van der Waals surface area contributed by atoms with Crippen molar-refractivity contribution in [3.05, 3.63) is 17.5 Å². The van der Waals surface area contributed by atoms with E-state index in [-0.39, 0.29) is 30.0 Å². The standard InChI is InChI=1S/C19H28N4O3/c1-12-9-23(10-13(2)26-12)19(25)16-8-20-21-17(16)15-6-7-22(11-15)18(24)14-4-3-5-14/h8,12-15H,3-7,9-11H2,1-2H3,(H,20,21). The first-order valence-corrected chi connectivity index (χ1v) is 9.79. The normalized spacial score (nSPS) is 29.7. The van der Waals surface area contributed by atoms with Crippen molar-refractivity contribution < 1.29 is 14.3 Å². The van der Waals surface area contributed by atoms with Gasteiger partial charge in [0, 0.05) is 38.0 Å². The number of hydrogen-bond donors (Lipinski definition) is 1. The molecule has 0 radical (unpaired) electrons. The molecule has 3 fully saturated rings. The van der Waals surface area contributed by atoms with E-state index in [1.54, 1.807) is 6.20 Å². The van der Waals surface area contributed by atoms with Gasteiger partial charge in [-0.3, -0.25) is 14.7 Å². The number of nitrogens with one attached hydrogen (secondary N) is 1. The van der Waals surface area contributed by atoms with Gasteiger partial charge in [-0.05, 0) is 33.1 Å². The van der Waals surface area contributed by atoms with Crippen LogP contribution in [0.15, 0.2) is 6.20 Å². The molecule has 3 atom stereocenters. The zero-order valence-electron chi connectivity index (χ0n) is 15.6. The Morgan fingerprint density at radius 1 is 1.12 bits per heavy atom. The summed E-state index contributed by atoms with van der Waals surface area (Å²) in [5.74, 6) is 0.700. The third kappa shape index (κ3) is 3.24. The Balaban J connectivity index is 1.45. The van der Waals surface area contributed by atoms with E-state index >= 15 is 0 Å². The monoisotopic (exact) mass is 360 g/mol. The van der Waals surface area contributed by atoms with Crippen molar-refractivity contribution in [2.75, 3.05) is 26.2 Å². The summed E-state index contributed by atoms with van der Waals surface area (Å²) in [5.41, 5.74) is 1.53. The number of likely N-dealkylation sites (tertiary alicyclic amines) is 1. The first-order valence-electron chi connectivity index (χ1n) is 9.79. The summed E-state index contributed by atoms with van der Waals surface area (Å²) in [4.78, 5) is 29.4. The van der Waals surface area contributed by atoms with E-state index in [0.29, 0.717) is 31.1 Å². The minimum atomic E-state index is 0.0134. The fourth-order valence-electron chi connectivity index (χ4n) is 4.40. The van der Waals surface area contributed by atoms with Crippen LogP contribution in [0, 0.1) is 5.92 Å². The van der Waals surface area contributed by atoms with Crippen LogP contribution < -0.4 is 0 Å². The summed E-state index contributed by atoms with van der Waals surface area (Å²) in [6.45, 7) is 6.65. The lowest BCUT2D eigenvalue weighted by atomic mass is 9.84. The van der Waals surface area contributed by atoms with E-state index in [1.165, 1.54) is 6.42 Å². The second-order valence-electron chi connectivity index (χ2n) is 8.06. The highest BCUT2D eigenvalue weighted by Gasteiger charge is 2.37. The van der Waals surface area contributed by atoms with E-state index in [1.807, 2.05) is 23.6 Å². The predicted octanol–water partition coefficient (Wildman–Crippen LogP) is 1.78. The van der Waals surface area contributed by atoms with Crippen LogP contribution in [0.1, 0.15) is 61.5 Å². The summed E-state index contributed by atoms with van der Waals surface area (Å²) < 4.78 is 5.73. The smallest absolute Gasteiger partial charge is 0.257 e. The predicted molar refractivity (Wildman–Crippen MR) is 95.8 cm³/mol. The number of nitrogens with zero attached hydrogens (tertiary/aromatic N) is 3. The number of aromatic amines is 1. The van der Waals surface area contributed by atoms with Gasteiger partial charge >= 0.3 is 0 Å². The number of aromatic nitrogens is 2. The summed E-state index contributed by atoms with van der Waals surface area (Å²) in [5, 5.41) is 7.19. The Bertz CT molecular complexity index is 674. The second kappa shape index (κ2) is 7.02. The number of ether oxygens (including phenoxy) is 1. The van der Waals surface area contributed by atoms with Gasteiger partial charge < -0.3 is 14.5 Å². The number of carbonyl (C=O) groups excluding carboxylic acids is 2. The Kier molecular flexibility index (Phi) is 4.73. The van der Waals surface area contributed by atoms with Gasteiger partial charge in [-0.2, -0.15) is 5.10 Å². The Labute approximate surface area is 154 Å². The first kappa shape index (κ1) is 17.5. The van der Waals surface area contributed by atoms with Crippen molar-refractivity contribution in [3.63, 3.8) is 0 Å². The van der Waals surface area contributed by atoms with Gasteiger partial charge in [-0.25, -0.2) is 0 Å². The average Bonchev–Trinajstić information content (AvgIpc) is 3.20. The SMILES string of the molecule is CC1CN(C(=O)c2cn[nH]c2C2CCN(C(=O)C3CCC3)C2)CC(C)O1. The van der Waals surface area contributed by atoms with E-state index < -0.39 is 0 Å². The van der Waals surface area contributed by atoms with E-state index in [4.69, 9.17) is 4.74 Å². The van der Waals surface area contributed by atoms with Crippen LogP contribution >= 0.6 is 0 Å².